The number of hydrogen-bond acceptors (Lipinski definition) is 1. The number of hydrogen-bond donors (Lipinski definition) is 1. The van der Waals surface area contributed by atoms with Crippen molar-refractivity contribution in [1.82, 2.24) is 0 Å². The van der Waals surface area contributed by atoms with Gasteiger partial charge >= 0.3 is 0 Å². The minimum absolute atomic E-state index is 0.159. The summed E-state index contributed by atoms with van der Waals surface area (Å²) in [6.45, 7) is 11.4. The van der Waals surface area contributed by atoms with E-state index in [-0.39, 0.29) is 5.41 Å². The van der Waals surface area contributed by atoms with E-state index >= 15 is 0 Å². The van der Waals surface area contributed by atoms with Crippen LogP contribution >= 0.6 is 0 Å². The minimum atomic E-state index is -0.159. The quantitative estimate of drug-likeness (QED) is 0.472. The Hall–Kier alpha value is -2.80. The maximum Gasteiger partial charge on any atom is 0.0409 e. The number of allylic oxidation sites excluding steroid dienone is 1. The third-order valence-electron chi connectivity index (χ3n) is 5.39. The Labute approximate surface area is 163 Å². The smallest absolute Gasteiger partial charge is 0.0409 e. The van der Waals surface area contributed by atoms with Crippen molar-refractivity contribution in [2.24, 2.45) is 0 Å². The van der Waals surface area contributed by atoms with Crippen LogP contribution in [0, 0.1) is 20.8 Å². The Bertz CT molecular complexity index is 832. The van der Waals surface area contributed by atoms with E-state index < -0.39 is 0 Å². The third kappa shape index (κ3) is 3.98. The second-order valence-corrected chi connectivity index (χ2v) is 7.43. The molecule has 0 atom stereocenters. The molecule has 27 heavy (non-hydrogen) atoms. The summed E-state index contributed by atoms with van der Waals surface area (Å²) in [5.41, 5.74) is 7.59. The van der Waals surface area contributed by atoms with Crippen LogP contribution in [0.2, 0.25) is 0 Å². The van der Waals surface area contributed by atoms with Gasteiger partial charge in [0, 0.05) is 17.6 Å². The van der Waals surface area contributed by atoms with Gasteiger partial charge in [-0.1, -0.05) is 84.4 Å². The van der Waals surface area contributed by atoms with Crippen LogP contribution in [0.15, 0.2) is 85.5 Å². The lowest BCUT2D eigenvalue weighted by Crippen LogP contribution is -2.35. The molecule has 0 unspecified atom stereocenters. The largest absolute Gasteiger partial charge is 0.383 e. The summed E-state index contributed by atoms with van der Waals surface area (Å²) in [4.78, 5) is 0. The number of nitrogens with one attached hydrogen (secondary N) is 1. The highest BCUT2D eigenvalue weighted by Gasteiger charge is 2.33. The first-order valence-corrected chi connectivity index (χ1v) is 9.60. The number of benzene rings is 3. The van der Waals surface area contributed by atoms with Crippen molar-refractivity contribution in [2.75, 3.05) is 11.9 Å². The highest BCUT2D eigenvalue weighted by Crippen LogP contribution is 2.37. The summed E-state index contributed by atoms with van der Waals surface area (Å²) in [5, 5.41) is 3.78. The molecule has 0 radical (unpaired) electrons. The normalized spacial score (nSPS) is 11.2. The second-order valence-electron chi connectivity index (χ2n) is 7.43. The highest BCUT2D eigenvalue weighted by atomic mass is 14.9. The van der Waals surface area contributed by atoms with Gasteiger partial charge in [0.2, 0.25) is 0 Å². The van der Waals surface area contributed by atoms with E-state index in [1.165, 1.54) is 33.5 Å². The van der Waals surface area contributed by atoms with Crippen molar-refractivity contribution < 1.29 is 0 Å². The fourth-order valence-electron chi connectivity index (χ4n) is 4.14. The SMILES string of the molecule is C=CCC(CNc1c(C)cc(C)cc1C)(c1ccccc1)c1ccccc1. The first-order valence-electron chi connectivity index (χ1n) is 9.60. The molecule has 0 amide bonds. The molecule has 1 heteroatoms. The molecule has 1 N–H and O–H groups in total. The van der Waals surface area contributed by atoms with Gasteiger partial charge in [0.1, 0.15) is 0 Å². The van der Waals surface area contributed by atoms with Gasteiger partial charge < -0.3 is 5.32 Å². The standard InChI is InChI=1S/C26H29N/c1-5-16-26(23-12-8-6-9-13-23,24-14-10-7-11-15-24)19-27-25-21(3)17-20(2)18-22(25)4/h5-15,17-18,27H,1,16,19H2,2-4H3. The Morgan fingerprint density at radius 2 is 1.30 bits per heavy atom. The Morgan fingerprint density at radius 3 is 1.74 bits per heavy atom. The van der Waals surface area contributed by atoms with Gasteiger partial charge in [-0.05, 0) is 49.4 Å². The summed E-state index contributed by atoms with van der Waals surface area (Å²) < 4.78 is 0. The molecule has 0 aliphatic rings. The van der Waals surface area contributed by atoms with Crippen LogP contribution in [0.4, 0.5) is 5.69 Å². The van der Waals surface area contributed by atoms with Crippen molar-refractivity contribution in [3.8, 4) is 0 Å². The molecule has 1 nitrogen and oxygen atoms in total. The van der Waals surface area contributed by atoms with E-state index in [9.17, 15) is 0 Å². The lowest BCUT2D eigenvalue weighted by Gasteiger charge is -2.35. The van der Waals surface area contributed by atoms with Crippen molar-refractivity contribution in [1.29, 1.82) is 0 Å². The maximum atomic E-state index is 4.07. The number of rotatable bonds is 7. The van der Waals surface area contributed by atoms with E-state index in [0.717, 1.165) is 13.0 Å². The third-order valence-corrected chi connectivity index (χ3v) is 5.39. The summed E-state index contributed by atoms with van der Waals surface area (Å²) in [6.07, 6.45) is 2.91. The van der Waals surface area contributed by atoms with Crippen LogP contribution in [0.1, 0.15) is 34.2 Å². The molecule has 0 saturated carbocycles. The van der Waals surface area contributed by atoms with E-state index in [0.29, 0.717) is 0 Å². The molecule has 138 valence electrons. The molecule has 3 rings (SSSR count). The molecule has 0 fully saturated rings. The van der Waals surface area contributed by atoms with Crippen LogP contribution < -0.4 is 5.32 Å². The van der Waals surface area contributed by atoms with Crippen molar-refractivity contribution in [3.63, 3.8) is 0 Å². The van der Waals surface area contributed by atoms with E-state index in [1.807, 2.05) is 6.08 Å². The Morgan fingerprint density at radius 1 is 0.815 bits per heavy atom. The van der Waals surface area contributed by atoms with Crippen molar-refractivity contribution >= 4 is 5.69 Å². The van der Waals surface area contributed by atoms with Gasteiger partial charge in [0.05, 0.1) is 0 Å². The zero-order valence-electron chi connectivity index (χ0n) is 16.6. The molecule has 3 aromatic carbocycles. The highest BCUT2D eigenvalue weighted by molar-refractivity contribution is 5.59. The van der Waals surface area contributed by atoms with Crippen LogP contribution in [0.25, 0.3) is 0 Å². The number of aryl methyl sites for hydroxylation is 3. The molecule has 0 aromatic heterocycles. The van der Waals surface area contributed by atoms with Gasteiger partial charge in [-0.3, -0.25) is 0 Å². The molecule has 3 aromatic rings. The zero-order chi connectivity index (χ0) is 19.3. The summed E-state index contributed by atoms with van der Waals surface area (Å²) in [5.74, 6) is 0. The lowest BCUT2D eigenvalue weighted by atomic mass is 9.72. The average Bonchev–Trinajstić information content (AvgIpc) is 2.67. The van der Waals surface area contributed by atoms with Gasteiger partial charge in [-0.25, -0.2) is 0 Å². The molecule has 0 heterocycles. The fourth-order valence-corrected chi connectivity index (χ4v) is 4.14. The van der Waals surface area contributed by atoms with Gasteiger partial charge in [-0.15, -0.1) is 6.58 Å². The fraction of sp³-hybridized carbons (Fsp3) is 0.231. The van der Waals surface area contributed by atoms with Crippen molar-refractivity contribution in [2.45, 2.75) is 32.6 Å². The van der Waals surface area contributed by atoms with Gasteiger partial charge in [-0.2, -0.15) is 0 Å². The minimum Gasteiger partial charge on any atom is -0.383 e. The van der Waals surface area contributed by atoms with E-state index in [2.05, 4.69) is 105 Å². The van der Waals surface area contributed by atoms with E-state index in [1.54, 1.807) is 0 Å². The Balaban J connectivity index is 2.06. The molecular weight excluding hydrogens is 326 g/mol. The molecule has 0 aliphatic carbocycles. The van der Waals surface area contributed by atoms with Gasteiger partial charge in [0.25, 0.3) is 0 Å². The maximum absolute atomic E-state index is 4.07. The summed E-state index contributed by atoms with van der Waals surface area (Å²) in [7, 11) is 0. The molecule has 0 saturated heterocycles. The monoisotopic (exact) mass is 355 g/mol. The van der Waals surface area contributed by atoms with Gasteiger partial charge in [0.15, 0.2) is 0 Å². The average molecular weight is 356 g/mol. The lowest BCUT2D eigenvalue weighted by molar-refractivity contribution is 0.550. The first kappa shape index (κ1) is 19.0. The Kier molecular flexibility index (Phi) is 5.81. The topological polar surface area (TPSA) is 12.0 Å². The predicted molar refractivity (Wildman–Crippen MR) is 118 cm³/mol. The summed E-state index contributed by atoms with van der Waals surface area (Å²) in [6, 6.07) is 26.1. The second kappa shape index (κ2) is 8.26. The molecule has 0 spiro atoms. The predicted octanol–water partition coefficient (Wildman–Crippen LogP) is 6.59. The zero-order valence-corrected chi connectivity index (χ0v) is 16.6. The first-order chi connectivity index (χ1) is 13.1. The molecular formula is C26H29N. The van der Waals surface area contributed by atoms with Crippen molar-refractivity contribution in [3.05, 3.63) is 113 Å². The van der Waals surface area contributed by atoms with E-state index in [4.69, 9.17) is 0 Å². The molecule has 0 bridgehead atoms. The van der Waals surface area contributed by atoms with Crippen LogP contribution in [0.3, 0.4) is 0 Å². The molecule has 0 aliphatic heterocycles. The van der Waals surface area contributed by atoms with Crippen LogP contribution in [-0.2, 0) is 5.41 Å². The van der Waals surface area contributed by atoms with Crippen LogP contribution in [-0.4, -0.2) is 6.54 Å². The van der Waals surface area contributed by atoms with Crippen LogP contribution in [0.5, 0.6) is 0 Å². The summed E-state index contributed by atoms with van der Waals surface area (Å²) >= 11 is 0. The number of anilines is 1.